The zero-order valence-corrected chi connectivity index (χ0v) is 13.7. The van der Waals surface area contributed by atoms with Gasteiger partial charge in [0.1, 0.15) is 5.82 Å². The fraction of sp³-hybridized carbons (Fsp3) is 0.733. The van der Waals surface area contributed by atoms with Gasteiger partial charge in [-0.05, 0) is 44.6 Å². The van der Waals surface area contributed by atoms with Gasteiger partial charge in [0.15, 0.2) is 0 Å². The number of aryl methyl sites for hydroxylation is 2. The SMILES string of the molecule is CCSCc1nc(C)c(CCCNC(C)C)c(C)n1. The first-order valence-corrected chi connectivity index (χ1v) is 8.34. The van der Waals surface area contributed by atoms with Crippen molar-refractivity contribution in [3.05, 3.63) is 22.8 Å². The highest BCUT2D eigenvalue weighted by Gasteiger charge is 2.08. The van der Waals surface area contributed by atoms with Crippen molar-refractivity contribution in [2.45, 2.75) is 59.3 Å². The molecule has 0 spiro atoms. The van der Waals surface area contributed by atoms with Crippen LogP contribution in [0.4, 0.5) is 0 Å². The summed E-state index contributed by atoms with van der Waals surface area (Å²) in [5.74, 6) is 3.02. The normalized spacial score (nSPS) is 11.3. The van der Waals surface area contributed by atoms with Crippen LogP contribution in [-0.2, 0) is 12.2 Å². The summed E-state index contributed by atoms with van der Waals surface area (Å²) >= 11 is 1.87. The van der Waals surface area contributed by atoms with Gasteiger partial charge in [0.2, 0.25) is 0 Å². The summed E-state index contributed by atoms with van der Waals surface area (Å²) in [7, 11) is 0. The predicted molar refractivity (Wildman–Crippen MR) is 84.8 cm³/mol. The molecule has 1 N–H and O–H groups in total. The lowest BCUT2D eigenvalue weighted by molar-refractivity contribution is 0.569. The van der Waals surface area contributed by atoms with Gasteiger partial charge in [-0.25, -0.2) is 9.97 Å². The lowest BCUT2D eigenvalue weighted by atomic mass is 10.1. The van der Waals surface area contributed by atoms with Gasteiger partial charge in [-0.15, -0.1) is 0 Å². The Morgan fingerprint density at radius 1 is 1.16 bits per heavy atom. The molecule has 1 aromatic heterocycles. The number of rotatable bonds is 8. The summed E-state index contributed by atoms with van der Waals surface area (Å²) in [5.41, 5.74) is 3.64. The molecular formula is C15H27N3S. The van der Waals surface area contributed by atoms with E-state index in [4.69, 9.17) is 0 Å². The van der Waals surface area contributed by atoms with Gasteiger partial charge in [0, 0.05) is 17.4 Å². The highest BCUT2D eigenvalue weighted by molar-refractivity contribution is 7.98. The molecule has 0 aliphatic carbocycles. The van der Waals surface area contributed by atoms with E-state index in [-0.39, 0.29) is 0 Å². The molecule has 4 heteroatoms. The molecular weight excluding hydrogens is 254 g/mol. The van der Waals surface area contributed by atoms with E-state index < -0.39 is 0 Å². The Labute approximate surface area is 122 Å². The summed E-state index contributed by atoms with van der Waals surface area (Å²) in [6.07, 6.45) is 2.21. The van der Waals surface area contributed by atoms with Crippen molar-refractivity contribution in [3.8, 4) is 0 Å². The Balaban J connectivity index is 2.58. The van der Waals surface area contributed by atoms with Crippen molar-refractivity contribution in [3.63, 3.8) is 0 Å². The van der Waals surface area contributed by atoms with Crippen LogP contribution in [0.3, 0.4) is 0 Å². The summed E-state index contributed by atoms with van der Waals surface area (Å²) < 4.78 is 0. The van der Waals surface area contributed by atoms with E-state index in [1.807, 2.05) is 11.8 Å². The number of nitrogens with one attached hydrogen (secondary N) is 1. The third-order valence-electron chi connectivity index (χ3n) is 3.06. The molecule has 1 rings (SSSR count). The molecule has 0 bridgehead atoms. The second-order valence-electron chi connectivity index (χ2n) is 5.14. The summed E-state index contributed by atoms with van der Waals surface area (Å²) in [6.45, 7) is 11.8. The Morgan fingerprint density at radius 3 is 2.32 bits per heavy atom. The minimum atomic E-state index is 0.562. The quantitative estimate of drug-likeness (QED) is 0.742. The van der Waals surface area contributed by atoms with Crippen LogP contribution in [0.2, 0.25) is 0 Å². The predicted octanol–water partition coefficient (Wildman–Crippen LogP) is 3.28. The van der Waals surface area contributed by atoms with Gasteiger partial charge in [0.05, 0.1) is 5.75 Å². The van der Waals surface area contributed by atoms with Crippen LogP contribution in [0.5, 0.6) is 0 Å². The van der Waals surface area contributed by atoms with E-state index in [0.717, 1.165) is 48.1 Å². The number of thioether (sulfide) groups is 1. The summed E-state index contributed by atoms with van der Waals surface area (Å²) in [4.78, 5) is 9.27. The van der Waals surface area contributed by atoms with Gasteiger partial charge in [-0.2, -0.15) is 11.8 Å². The molecule has 0 fully saturated rings. The molecule has 0 aliphatic rings. The lowest BCUT2D eigenvalue weighted by Crippen LogP contribution is -2.24. The van der Waals surface area contributed by atoms with E-state index in [1.54, 1.807) is 0 Å². The number of nitrogens with zero attached hydrogens (tertiary/aromatic N) is 2. The van der Waals surface area contributed by atoms with Gasteiger partial charge in [0.25, 0.3) is 0 Å². The van der Waals surface area contributed by atoms with Crippen LogP contribution in [0.1, 0.15) is 50.0 Å². The van der Waals surface area contributed by atoms with Crippen LogP contribution in [0, 0.1) is 13.8 Å². The standard InChI is InChI=1S/C15H27N3S/c1-6-19-10-15-17-12(4)14(13(5)18-15)8-7-9-16-11(2)3/h11,16H,6-10H2,1-5H3. The van der Waals surface area contributed by atoms with Crippen LogP contribution in [0.25, 0.3) is 0 Å². The van der Waals surface area contributed by atoms with Crippen molar-refractivity contribution in [1.29, 1.82) is 0 Å². The molecule has 0 saturated carbocycles. The van der Waals surface area contributed by atoms with Crippen LogP contribution >= 0.6 is 11.8 Å². The molecule has 3 nitrogen and oxygen atoms in total. The third kappa shape index (κ3) is 5.91. The van der Waals surface area contributed by atoms with Gasteiger partial charge in [-0.1, -0.05) is 20.8 Å². The Hall–Kier alpha value is -0.610. The second-order valence-corrected chi connectivity index (χ2v) is 6.41. The number of hydrogen-bond acceptors (Lipinski definition) is 4. The van der Waals surface area contributed by atoms with E-state index in [1.165, 1.54) is 5.56 Å². The molecule has 1 heterocycles. The lowest BCUT2D eigenvalue weighted by Gasteiger charge is -2.12. The molecule has 1 aromatic rings. The minimum absolute atomic E-state index is 0.562. The monoisotopic (exact) mass is 281 g/mol. The second kappa shape index (κ2) is 8.54. The number of aromatic nitrogens is 2. The molecule has 19 heavy (non-hydrogen) atoms. The Kier molecular flexibility index (Phi) is 7.39. The van der Waals surface area contributed by atoms with Gasteiger partial charge >= 0.3 is 0 Å². The minimum Gasteiger partial charge on any atom is -0.315 e. The first-order chi connectivity index (χ1) is 9.04. The zero-order valence-electron chi connectivity index (χ0n) is 12.9. The maximum absolute atomic E-state index is 4.63. The fourth-order valence-corrected chi connectivity index (χ4v) is 2.60. The molecule has 0 atom stereocenters. The Morgan fingerprint density at radius 2 is 1.79 bits per heavy atom. The van der Waals surface area contributed by atoms with Gasteiger partial charge < -0.3 is 5.32 Å². The van der Waals surface area contributed by atoms with Crippen molar-refractivity contribution in [2.75, 3.05) is 12.3 Å². The highest BCUT2D eigenvalue weighted by Crippen LogP contribution is 2.15. The molecule has 0 unspecified atom stereocenters. The van der Waals surface area contributed by atoms with Crippen LogP contribution in [0.15, 0.2) is 0 Å². The Bertz CT molecular complexity index is 368. The van der Waals surface area contributed by atoms with Crippen molar-refractivity contribution in [2.24, 2.45) is 0 Å². The zero-order chi connectivity index (χ0) is 14.3. The maximum atomic E-state index is 4.63. The molecule has 0 aromatic carbocycles. The number of hydrogen-bond donors (Lipinski definition) is 1. The van der Waals surface area contributed by atoms with Crippen LogP contribution < -0.4 is 5.32 Å². The molecule has 0 aliphatic heterocycles. The molecule has 0 radical (unpaired) electrons. The van der Waals surface area contributed by atoms with E-state index in [0.29, 0.717) is 6.04 Å². The average molecular weight is 281 g/mol. The molecule has 108 valence electrons. The van der Waals surface area contributed by atoms with Crippen LogP contribution in [-0.4, -0.2) is 28.3 Å². The topological polar surface area (TPSA) is 37.8 Å². The van der Waals surface area contributed by atoms with Crippen molar-refractivity contribution < 1.29 is 0 Å². The molecule has 0 amide bonds. The maximum Gasteiger partial charge on any atom is 0.138 e. The highest BCUT2D eigenvalue weighted by atomic mass is 32.2. The van der Waals surface area contributed by atoms with Gasteiger partial charge in [-0.3, -0.25) is 0 Å². The van der Waals surface area contributed by atoms with E-state index >= 15 is 0 Å². The van der Waals surface area contributed by atoms with E-state index in [2.05, 4.69) is 49.9 Å². The summed E-state index contributed by atoms with van der Waals surface area (Å²) in [5, 5.41) is 3.45. The first kappa shape index (κ1) is 16.4. The average Bonchev–Trinajstić information content (AvgIpc) is 2.34. The smallest absolute Gasteiger partial charge is 0.138 e. The largest absolute Gasteiger partial charge is 0.315 e. The van der Waals surface area contributed by atoms with Crippen molar-refractivity contribution in [1.82, 2.24) is 15.3 Å². The fourth-order valence-electron chi connectivity index (χ4n) is 2.08. The molecule has 0 saturated heterocycles. The third-order valence-corrected chi connectivity index (χ3v) is 3.93. The van der Waals surface area contributed by atoms with Crippen molar-refractivity contribution >= 4 is 11.8 Å². The summed E-state index contributed by atoms with van der Waals surface area (Å²) in [6, 6.07) is 0.562. The first-order valence-electron chi connectivity index (χ1n) is 7.18. The van der Waals surface area contributed by atoms with E-state index in [9.17, 15) is 0 Å².